The summed E-state index contributed by atoms with van der Waals surface area (Å²) in [6.07, 6.45) is 5.27. The van der Waals surface area contributed by atoms with Gasteiger partial charge in [-0.3, -0.25) is 9.97 Å². The van der Waals surface area contributed by atoms with Crippen LogP contribution < -0.4 is 5.32 Å². The van der Waals surface area contributed by atoms with Gasteiger partial charge >= 0.3 is 0 Å². The van der Waals surface area contributed by atoms with Gasteiger partial charge in [-0.2, -0.15) is 0 Å². The Labute approximate surface area is 121 Å². The lowest BCUT2D eigenvalue weighted by Crippen LogP contribution is -2.24. The van der Waals surface area contributed by atoms with Gasteiger partial charge in [-0.25, -0.2) is 0 Å². The number of nitrogens with one attached hydrogen (secondary N) is 1. The smallest absolute Gasteiger partial charge is 0.0801 e. The van der Waals surface area contributed by atoms with Gasteiger partial charge in [0.25, 0.3) is 0 Å². The first-order chi connectivity index (χ1) is 8.74. The molecule has 3 nitrogen and oxygen atoms in total. The molecule has 2 rings (SSSR count). The zero-order chi connectivity index (χ0) is 13.0. The molecule has 1 heterocycles. The van der Waals surface area contributed by atoms with E-state index in [-0.39, 0.29) is 6.04 Å². The van der Waals surface area contributed by atoms with Gasteiger partial charge in [-0.05, 0) is 47.2 Å². The van der Waals surface area contributed by atoms with Gasteiger partial charge < -0.3 is 5.32 Å². The highest BCUT2D eigenvalue weighted by atomic mass is 127. The van der Waals surface area contributed by atoms with Gasteiger partial charge in [0.15, 0.2) is 0 Å². The lowest BCUT2D eigenvalue weighted by Gasteiger charge is -2.19. The lowest BCUT2D eigenvalue weighted by atomic mass is 10.0. The Morgan fingerprint density at radius 2 is 2.17 bits per heavy atom. The van der Waals surface area contributed by atoms with Crippen LogP contribution in [0.15, 0.2) is 36.8 Å². The molecule has 0 fully saturated rings. The number of hydrogen-bond acceptors (Lipinski definition) is 3. The minimum Gasteiger partial charge on any atom is -0.305 e. The molecule has 0 saturated carbocycles. The SMILES string of the molecule is CCNC(c1cnccn1)c1cccc(C)c1I. The fourth-order valence-electron chi connectivity index (χ4n) is 1.93. The second kappa shape index (κ2) is 6.24. The molecule has 1 aromatic carbocycles. The van der Waals surface area contributed by atoms with Gasteiger partial charge in [0, 0.05) is 16.0 Å². The number of hydrogen-bond donors (Lipinski definition) is 1. The molecule has 94 valence electrons. The fourth-order valence-corrected chi connectivity index (χ4v) is 2.60. The number of aromatic nitrogens is 2. The maximum atomic E-state index is 4.42. The third-order valence-electron chi connectivity index (χ3n) is 2.82. The first-order valence-corrected chi connectivity index (χ1v) is 7.06. The average molecular weight is 353 g/mol. The summed E-state index contributed by atoms with van der Waals surface area (Å²) < 4.78 is 1.28. The summed E-state index contributed by atoms with van der Waals surface area (Å²) in [5.41, 5.74) is 3.51. The largest absolute Gasteiger partial charge is 0.305 e. The highest BCUT2D eigenvalue weighted by Gasteiger charge is 2.17. The summed E-state index contributed by atoms with van der Waals surface area (Å²) in [4.78, 5) is 8.58. The zero-order valence-electron chi connectivity index (χ0n) is 10.5. The number of halogens is 1. The molecule has 1 unspecified atom stereocenters. The first kappa shape index (κ1) is 13.4. The van der Waals surface area contributed by atoms with E-state index in [2.05, 4.69) is 69.9 Å². The molecule has 0 aliphatic rings. The molecule has 1 atom stereocenters. The monoisotopic (exact) mass is 353 g/mol. The second-order valence-electron chi connectivity index (χ2n) is 4.10. The van der Waals surface area contributed by atoms with Crippen LogP contribution in [-0.4, -0.2) is 16.5 Å². The third kappa shape index (κ3) is 2.87. The van der Waals surface area contributed by atoms with E-state index in [1.54, 1.807) is 12.4 Å². The summed E-state index contributed by atoms with van der Waals surface area (Å²) in [7, 11) is 0. The van der Waals surface area contributed by atoms with Crippen molar-refractivity contribution in [3.05, 3.63) is 57.2 Å². The molecule has 2 aromatic rings. The predicted octanol–water partition coefficient (Wildman–Crippen LogP) is 3.09. The van der Waals surface area contributed by atoms with Crippen molar-refractivity contribution in [1.82, 2.24) is 15.3 Å². The molecule has 4 heteroatoms. The Balaban J connectivity index is 2.45. The van der Waals surface area contributed by atoms with Crippen molar-refractivity contribution in [3.63, 3.8) is 0 Å². The normalized spacial score (nSPS) is 12.4. The van der Waals surface area contributed by atoms with Gasteiger partial charge in [-0.15, -0.1) is 0 Å². The Morgan fingerprint density at radius 3 is 2.83 bits per heavy atom. The molecular formula is C14H16IN3. The standard InChI is InChI=1S/C14H16IN3/c1-3-17-14(12-9-16-7-8-18-12)11-6-4-5-10(2)13(11)15/h4-9,14,17H,3H2,1-2H3. The minimum atomic E-state index is 0.107. The van der Waals surface area contributed by atoms with Crippen LogP contribution >= 0.6 is 22.6 Å². The number of aryl methyl sites for hydroxylation is 1. The van der Waals surface area contributed by atoms with Crippen LogP contribution in [0.1, 0.15) is 29.8 Å². The second-order valence-corrected chi connectivity index (χ2v) is 5.18. The van der Waals surface area contributed by atoms with Crippen molar-refractivity contribution in [3.8, 4) is 0 Å². The van der Waals surface area contributed by atoms with Gasteiger partial charge in [-0.1, -0.05) is 25.1 Å². The van der Waals surface area contributed by atoms with E-state index in [4.69, 9.17) is 0 Å². The predicted molar refractivity (Wildman–Crippen MR) is 81.4 cm³/mol. The van der Waals surface area contributed by atoms with Gasteiger partial charge in [0.1, 0.15) is 0 Å². The summed E-state index contributed by atoms with van der Waals surface area (Å²) in [6, 6.07) is 6.48. The molecule has 0 bridgehead atoms. The molecule has 0 spiro atoms. The van der Waals surface area contributed by atoms with Crippen molar-refractivity contribution < 1.29 is 0 Å². The van der Waals surface area contributed by atoms with Crippen LogP contribution in [0.25, 0.3) is 0 Å². The third-order valence-corrected chi connectivity index (χ3v) is 4.29. The van der Waals surface area contributed by atoms with E-state index in [1.807, 2.05) is 6.20 Å². The van der Waals surface area contributed by atoms with E-state index in [9.17, 15) is 0 Å². The van der Waals surface area contributed by atoms with E-state index in [0.29, 0.717) is 0 Å². The Bertz CT molecular complexity index is 514. The molecule has 0 radical (unpaired) electrons. The van der Waals surface area contributed by atoms with Crippen molar-refractivity contribution in [2.24, 2.45) is 0 Å². The van der Waals surface area contributed by atoms with Crippen LogP contribution in [0.5, 0.6) is 0 Å². The van der Waals surface area contributed by atoms with Crippen LogP contribution in [0.4, 0.5) is 0 Å². The molecule has 1 N–H and O–H groups in total. The maximum absolute atomic E-state index is 4.42. The van der Waals surface area contributed by atoms with Crippen molar-refractivity contribution in [1.29, 1.82) is 0 Å². The van der Waals surface area contributed by atoms with E-state index in [1.165, 1.54) is 14.7 Å². The topological polar surface area (TPSA) is 37.8 Å². The summed E-state index contributed by atoms with van der Waals surface area (Å²) in [6.45, 7) is 5.13. The molecule has 0 aliphatic carbocycles. The van der Waals surface area contributed by atoms with E-state index in [0.717, 1.165) is 12.2 Å². The van der Waals surface area contributed by atoms with Crippen LogP contribution in [0, 0.1) is 10.5 Å². The molecule has 0 saturated heterocycles. The lowest BCUT2D eigenvalue weighted by molar-refractivity contribution is 0.610. The maximum Gasteiger partial charge on any atom is 0.0801 e. The summed E-state index contributed by atoms with van der Waals surface area (Å²) in [5, 5.41) is 3.48. The average Bonchev–Trinajstić information content (AvgIpc) is 2.41. The molecular weight excluding hydrogens is 337 g/mol. The molecule has 1 aromatic heterocycles. The van der Waals surface area contributed by atoms with Crippen molar-refractivity contribution >= 4 is 22.6 Å². The van der Waals surface area contributed by atoms with Crippen LogP contribution in [0.2, 0.25) is 0 Å². The summed E-state index contributed by atoms with van der Waals surface area (Å²) >= 11 is 2.40. The molecule has 0 aliphatic heterocycles. The van der Waals surface area contributed by atoms with Crippen molar-refractivity contribution in [2.45, 2.75) is 19.9 Å². The fraction of sp³-hybridized carbons (Fsp3) is 0.286. The van der Waals surface area contributed by atoms with Gasteiger partial charge in [0.2, 0.25) is 0 Å². The Morgan fingerprint density at radius 1 is 1.33 bits per heavy atom. The minimum absolute atomic E-state index is 0.107. The molecule has 18 heavy (non-hydrogen) atoms. The van der Waals surface area contributed by atoms with Crippen LogP contribution in [0.3, 0.4) is 0 Å². The number of rotatable bonds is 4. The molecule has 0 amide bonds. The van der Waals surface area contributed by atoms with Crippen molar-refractivity contribution in [2.75, 3.05) is 6.54 Å². The Hall–Kier alpha value is -1.01. The van der Waals surface area contributed by atoms with E-state index >= 15 is 0 Å². The van der Waals surface area contributed by atoms with Gasteiger partial charge in [0.05, 0.1) is 17.9 Å². The zero-order valence-corrected chi connectivity index (χ0v) is 12.7. The quantitative estimate of drug-likeness (QED) is 0.859. The number of benzene rings is 1. The number of nitrogens with zero attached hydrogens (tertiary/aromatic N) is 2. The first-order valence-electron chi connectivity index (χ1n) is 5.98. The summed E-state index contributed by atoms with van der Waals surface area (Å²) in [5.74, 6) is 0. The van der Waals surface area contributed by atoms with Crippen LogP contribution in [-0.2, 0) is 0 Å². The highest BCUT2D eigenvalue weighted by molar-refractivity contribution is 14.1. The van der Waals surface area contributed by atoms with E-state index < -0.39 is 0 Å². The Kier molecular flexibility index (Phi) is 4.66. The highest BCUT2D eigenvalue weighted by Crippen LogP contribution is 2.26.